The van der Waals surface area contributed by atoms with Crippen LogP contribution < -0.4 is 9.47 Å². The van der Waals surface area contributed by atoms with E-state index in [4.69, 9.17) is 63.7 Å². The molecule has 0 spiro atoms. The molecule has 2 aliphatic rings. The highest BCUT2D eigenvalue weighted by Crippen LogP contribution is 2.38. The van der Waals surface area contributed by atoms with Crippen LogP contribution in [0.4, 0.5) is 0 Å². The van der Waals surface area contributed by atoms with Gasteiger partial charge in [-0.15, -0.1) is 0 Å². The SMILES string of the molecule is C=C(C)C1CCC(C)(OC(=O)C(C)CC)CC1.C=C(C)COC(=O)C(C)(C)CC.C=CCOC(=O)C(C)(C)CC.C=COCCOC(=O)C(C)CC.CCC(C)(C)C(=O)OCCCCC#N.CCC(C)C(=O)OC1(C#N)CCCCC1.CCC(C)C(=O)Oc1ccc(C#N)cc1.CCC(C)C(=O)Oc1ccccc1C#N. The molecule has 0 aliphatic heterocycles. The topological polar surface area (TPSA) is 315 Å². The first kappa shape index (κ1) is 108. The maximum absolute atomic E-state index is 11.8. The second-order valence-corrected chi connectivity index (χ2v) is 30.3. The van der Waals surface area contributed by atoms with Gasteiger partial charge in [0.2, 0.25) is 0 Å². The van der Waals surface area contributed by atoms with Crippen molar-refractivity contribution in [1.29, 1.82) is 21.0 Å². The van der Waals surface area contributed by atoms with Crippen LogP contribution in [0.1, 0.15) is 292 Å². The van der Waals surface area contributed by atoms with Crippen molar-refractivity contribution in [2.75, 3.05) is 33.0 Å². The molecule has 21 heteroatoms. The Morgan fingerprint density at radius 1 is 0.532 bits per heavy atom. The summed E-state index contributed by atoms with van der Waals surface area (Å²) in [4.78, 5) is 91.3. The van der Waals surface area contributed by atoms with Gasteiger partial charge >= 0.3 is 47.8 Å². The van der Waals surface area contributed by atoms with E-state index in [2.05, 4.69) is 52.3 Å². The number of esters is 8. The maximum Gasteiger partial charge on any atom is 0.314 e. The van der Waals surface area contributed by atoms with E-state index in [1.165, 1.54) is 11.8 Å². The zero-order valence-electron chi connectivity index (χ0n) is 72.0. The van der Waals surface area contributed by atoms with Crippen molar-refractivity contribution in [2.24, 2.45) is 51.8 Å². The average Bonchev–Trinajstić information content (AvgIpc) is 0.843. The minimum Gasteiger partial charge on any atom is -0.498 e. The summed E-state index contributed by atoms with van der Waals surface area (Å²) in [5.74, 6) is -0.286. The maximum atomic E-state index is 11.8. The first-order valence-corrected chi connectivity index (χ1v) is 39.6. The Balaban J connectivity index is -0.000000592. The lowest BCUT2D eigenvalue weighted by Gasteiger charge is -2.37. The van der Waals surface area contributed by atoms with Gasteiger partial charge in [-0.05, 0) is 213 Å². The minimum absolute atomic E-state index is 0.0192. The summed E-state index contributed by atoms with van der Waals surface area (Å²) in [5.41, 5.74) is 0.905. The zero-order chi connectivity index (χ0) is 86.0. The molecule has 21 nitrogen and oxygen atoms in total. The average molecular weight is 1550 g/mol. The molecule has 0 radical (unpaired) electrons. The van der Waals surface area contributed by atoms with Gasteiger partial charge in [0.15, 0.2) is 5.60 Å². The molecule has 4 rings (SSSR count). The van der Waals surface area contributed by atoms with Gasteiger partial charge in [-0.25, -0.2) is 0 Å². The standard InChI is InChI=1S/C15H26O2.2C12H13NO2.C12H19NO2.C11H19NO2.C10H18O2.C9H16O3.C9H16O2/c1-6-12(4)14(16)17-15(5)9-7-13(8-10-15)11(2)3;1-3-9(2)12(14)15-11-6-4-10(8-13)5-7-11;1-3-9(2)12(14)15-11-7-5-4-6-10(11)8-13;1-3-10(2)11(14)15-12(9-13)7-5-4-6-8-12;1-4-11(2,3)10(13)14-9-7-5-6-8-12;1-6-10(4,5)9(11)12-7-8(2)3;1-4-8(3)9(10)12-7-6-11-5-2;1-5-7-11-8(10)9(3,4)6-2/h12-13H,2,6-10H2,1,3-5H3;2*4-7,9H,3H2,1-2H3;10H,3-8H2,1-2H3;4-7,9H2,1-3H3;2,6-7H2,1,3-5H3;5,8H,2,4,6-7H2,1,3H3;5H,1,6-7H2,2-4H3. The first-order chi connectivity index (χ1) is 52.1. The summed E-state index contributed by atoms with van der Waals surface area (Å²) in [5, 5.41) is 34.8. The highest BCUT2D eigenvalue weighted by molar-refractivity contribution is 5.78. The quantitative estimate of drug-likeness (QED) is 0.0160. The fourth-order valence-electron chi connectivity index (χ4n) is 8.55. The lowest BCUT2D eigenvalue weighted by molar-refractivity contribution is -0.166. The van der Waals surface area contributed by atoms with Crippen molar-refractivity contribution in [1.82, 2.24) is 0 Å². The number of hydrogen-bond donors (Lipinski definition) is 0. The van der Waals surface area contributed by atoms with Gasteiger partial charge in [-0.1, -0.05) is 147 Å². The van der Waals surface area contributed by atoms with E-state index in [-0.39, 0.29) is 99.2 Å². The molecule has 2 aliphatic carbocycles. The third-order valence-corrected chi connectivity index (χ3v) is 19.3. The molecule has 0 N–H and O–H groups in total. The Morgan fingerprint density at radius 3 is 1.41 bits per heavy atom. The summed E-state index contributed by atoms with van der Waals surface area (Å²) < 4.78 is 46.0. The van der Waals surface area contributed by atoms with Gasteiger partial charge in [0.25, 0.3) is 0 Å². The highest BCUT2D eigenvalue weighted by atomic mass is 16.6. The molecule has 5 atom stereocenters. The number of carbonyl (C=O) groups is 8. The molecule has 0 heterocycles. The Bertz CT molecular complexity index is 3270. The number of hydrogen-bond acceptors (Lipinski definition) is 21. The van der Waals surface area contributed by atoms with Crippen LogP contribution in [0.3, 0.4) is 0 Å². The normalized spacial score (nSPS) is 15.6. The lowest BCUT2D eigenvalue weighted by atomic mass is 9.77. The second kappa shape index (κ2) is 60.6. The van der Waals surface area contributed by atoms with Crippen LogP contribution in [0.5, 0.6) is 11.5 Å². The zero-order valence-corrected chi connectivity index (χ0v) is 72.0. The van der Waals surface area contributed by atoms with Crippen molar-refractivity contribution in [3.8, 4) is 35.8 Å². The summed E-state index contributed by atoms with van der Waals surface area (Å²) in [6, 6.07) is 21.4. The van der Waals surface area contributed by atoms with Gasteiger partial charge in [0, 0.05) is 19.3 Å². The fourth-order valence-corrected chi connectivity index (χ4v) is 8.55. The largest absolute Gasteiger partial charge is 0.498 e. The van der Waals surface area contributed by atoms with Crippen molar-refractivity contribution in [3.05, 3.63) is 109 Å². The van der Waals surface area contributed by atoms with Crippen LogP contribution in [0.15, 0.2) is 98.3 Å². The smallest absolute Gasteiger partial charge is 0.314 e. The summed E-state index contributed by atoms with van der Waals surface area (Å²) in [6.07, 6.45) is 19.9. The monoisotopic (exact) mass is 1550 g/mol. The van der Waals surface area contributed by atoms with Crippen molar-refractivity contribution in [3.63, 3.8) is 0 Å². The third kappa shape index (κ3) is 49.0. The van der Waals surface area contributed by atoms with Crippen LogP contribution in [0.2, 0.25) is 0 Å². The summed E-state index contributed by atoms with van der Waals surface area (Å²) >= 11 is 0. The number of nitriles is 4. The molecule has 0 bridgehead atoms. The van der Waals surface area contributed by atoms with Crippen LogP contribution in [0, 0.1) is 97.1 Å². The molecule has 0 amide bonds. The number of unbranched alkanes of at least 4 members (excludes halogenated alkanes) is 2. The summed E-state index contributed by atoms with van der Waals surface area (Å²) in [6.45, 7) is 58.5. The number of carbonyl (C=O) groups excluding carboxylic acids is 8. The number of benzene rings is 2. The van der Waals surface area contributed by atoms with E-state index in [1.807, 2.05) is 144 Å². The van der Waals surface area contributed by atoms with E-state index < -0.39 is 5.60 Å². The molecular weight excluding hydrogens is 1410 g/mol. The van der Waals surface area contributed by atoms with Crippen molar-refractivity contribution in [2.45, 2.75) is 292 Å². The summed E-state index contributed by atoms with van der Waals surface area (Å²) in [7, 11) is 0. The molecule has 622 valence electrons. The van der Waals surface area contributed by atoms with Crippen molar-refractivity contribution >= 4 is 47.8 Å². The van der Waals surface area contributed by atoms with E-state index in [0.717, 1.165) is 115 Å². The van der Waals surface area contributed by atoms with Gasteiger partial charge in [-0.3, -0.25) is 38.4 Å². The van der Waals surface area contributed by atoms with E-state index in [0.29, 0.717) is 80.8 Å². The van der Waals surface area contributed by atoms with Gasteiger partial charge in [0.1, 0.15) is 55.7 Å². The molecule has 0 aromatic heterocycles. The number of allylic oxidation sites excluding steroid dienone is 1. The molecule has 2 aromatic carbocycles. The second-order valence-electron chi connectivity index (χ2n) is 30.3. The Labute approximate surface area is 668 Å². The van der Waals surface area contributed by atoms with Crippen LogP contribution in [-0.2, 0) is 71.5 Å². The Hall–Kier alpha value is -9.08. The van der Waals surface area contributed by atoms with Gasteiger partial charge in [0.05, 0.1) is 82.0 Å². The molecule has 2 fully saturated rings. The van der Waals surface area contributed by atoms with E-state index in [9.17, 15) is 38.4 Å². The number of rotatable bonds is 33. The van der Waals surface area contributed by atoms with Crippen LogP contribution in [-0.4, -0.2) is 92.0 Å². The first-order valence-electron chi connectivity index (χ1n) is 39.6. The van der Waals surface area contributed by atoms with Gasteiger partial charge in [-0.2, -0.15) is 21.0 Å². The molecule has 111 heavy (non-hydrogen) atoms. The molecule has 5 unspecified atom stereocenters. The number of nitrogens with zero attached hydrogens (tertiary/aromatic N) is 4. The Morgan fingerprint density at radius 2 is 0.982 bits per heavy atom. The fraction of sp³-hybridized carbons (Fsp3) is 0.644. The Kier molecular flexibility index (Phi) is 59.1. The lowest BCUT2D eigenvalue weighted by Crippen LogP contribution is -2.37. The van der Waals surface area contributed by atoms with Gasteiger partial charge < -0.3 is 42.6 Å². The van der Waals surface area contributed by atoms with E-state index >= 15 is 0 Å². The van der Waals surface area contributed by atoms with Crippen LogP contribution in [0.25, 0.3) is 0 Å². The molecule has 2 aromatic rings. The van der Waals surface area contributed by atoms with Crippen molar-refractivity contribution < 1.29 is 81.0 Å². The third-order valence-electron chi connectivity index (χ3n) is 19.3. The highest BCUT2D eigenvalue weighted by Gasteiger charge is 2.38. The van der Waals surface area contributed by atoms with Crippen LogP contribution >= 0.6 is 0 Å². The number of para-hydroxylation sites is 1. The predicted molar refractivity (Wildman–Crippen MR) is 436 cm³/mol. The minimum atomic E-state index is -0.821. The number of ether oxygens (including phenoxy) is 9. The predicted octanol–water partition coefficient (Wildman–Crippen LogP) is 21.0. The molecular formula is C90H140N4O17. The van der Waals surface area contributed by atoms with E-state index in [1.54, 1.807) is 61.5 Å². The molecule has 0 saturated heterocycles. The molecule has 2 saturated carbocycles.